The Bertz CT molecular complexity index is 612. The third-order valence-corrected chi connectivity index (χ3v) is 3.42. The summed E-state index contributed by atoms with van der Waals surface area (Å²) in [5.74, 6) is 0.397. The highest BCUT2D eigenvalue weighted by Gasteiger charge is 2.09. The van der Waals surface area contributed by atoms with E-state index in [-0.39, 0.29) is 5.97 Å². The maximum Gasteiger partial charge on any atom is 0.338 e. The lowest BCUT2D eigenvalue weighted by molar-refractivity contribution is 0.0526. The minimum Gasteiger partial charge on any atom is -0.462 e. The molecule has 0 amide bonds. The van der Waals surface area contributed by atoms with Crippen molar-refractivity contribution in [2.24, 2.45) is 0 Å². The molecule has 1 aromatic carbocycles. The van der Waals surface area contributed by atoms with Crippen LogP contribution in [0, 0.1) is 0 Å². The number of benzene rings is 1. The average Bonchev–Trinajstić information content (AvgIpc) is 2.83. The molecule has 6 heteroatoms. The summed E-state index contributed by atoms with van der Waals surface area (Å²) in [6.45, 7) is 2.64. The molecule has 1 N–H and O–H groups in total. The van der Waals surface area contributed by atoms with E-state index >= 15 is 0 Å². The van der Waals surface area contributed by atoms with E-state index in [0.717, 1.165) is 15.9 Å². The summed E-state index contributed by atoms with van der Waals surface area (Å²) in [4.78, 5) is 11.6. The topological polar surface area (TPSA) is 51.5 Å². The molecule has 0 fully saturated rings. The lowest BCUT2D eigenvalue weighted by Gasteiger charge is -2.09. The second kappa shape index (κ2) is 6.81. The van der Waals surface area contributed by atoms with Gasteiger partial charge >= 0.3 is 5.97 Å². The largest absolute Gasteiger partial charge is 0.462 e. The minimum absolute atomic E-state index is 0.336. The molecule has 4 nitrogen and oxygen atoms in total. The molecule has 0 saturated heterocycles. The molecule has 0 atom stereocenters. The lowest BCUT2D eigenvalue weighted by atomic mass is 10.2. The van der Waals surface area contributed by atoms with Gasteiger partial charge in [-0.05, 0) is 64.8 Å². The summed E-state index contributed by atoms with van der Waals surface area (Å²) in [6, 6.07) is 8.73. The van der Waals surface area contributed by atoms with Crippen molar-refractivity contribution in [3.8, 4) is 0 Å². The molecule has 1 aromatic heterocycles. The second-order valence-corrected chi connectivity index (χ2v) is 5.20. The number of anilines is 1. The van der Waals surface area contributed by atoms with Gasteiger partial charge in [0.2, 0.25) is 0 Å². The van der Waals surface area contributed by atoms with Gasteiger partial charge in [-0.1, -0.05) is 0 Å². The number of furan rings is 1. The Morgan fingerprint density at radius 3 is 2.80 bits per heavy atom. The Morgan fingerprint density at radius 1 is 1.40 bits per heavy atom. The van der Waals surface area contributed by atoms with Gasteiger partial charge in [-0.25, -0.2) is 4.79 Å². The molecular formula is C14H13BrClNO3. The number of ether oxygens (including phenoxy) is 1. The number of carbonyl (C=O) groups is 1. The first-order chi connectivity index (χ1) is 9.60. The van der Waals surface area contributed by atoms with Crippen LogP contribution in [-0.2, 0) is 11.3 Å². The van der Waals surface area contributed by atoms with Crippen LogP contribution in [-0.4, -0.2) is 12.6 Å². The summed E-state index contributed by atoms with van der Waals surface area (Å²) >= 11 is 9.12. The third kappa shape index (κ3) is 3.77. The number of esters is 1. The maximum absolute atomic E-state index is 11.6. The summed E-state index contributed by atoms with van der Waals surface area (Å²) in [5.41, 5.74) is 1.36. The SMILES string of the molecule is CCOC(=O)c1ccc(NCc2ccc(Cl)o2)c(Br)c1. The number of halogens is 2. The molecule has 0 radical (unpaired) electrons. The Labute approximate surface area is 130 Å². The van der Waals surface area contributed by atoms with E-state index in [1.165, 1.54) is 0 Å². The predicted molar refractivity (Wildman–Crippen MR) is 81.1 cm³/mol. The van der Waals surface area contributed by atoms with Crippen LogP contribution in [0.2, 0.25) is 5.22 Å². The molecule has 0 aliphatic carbocycles. The van der Waals surface area contributed by atoms with Crippen molar-refractivity contribution in [3.63, 3.8) is 0 Å². The molecule has 0 bridgehead atoms. The summed E-state index contributed by atoms with van der Waals surface area (Å²) in [6.07, 6.45) is 0. The van der Waals surface area contributed by atoms with Gasteiger partial charge in [-0.15, -0.1) is 0 Å². The van der Waals surface area contributed by atoms with Crippen LogP contribution in [0.5, 0.6) is 0 Å². The maximum atomic E-state index is 11.6. The zero-order valence-corrected chi connectivity index (χ0v) is 13.1. The highest BCUT2D eigenvalue weighted by molar-refractivity contribution is 9.10. The first kappa shape index (κ1) is 14.9. The highest BCUT2D eigenvalue weighted by atomic mass is 79.9. The first-order valence-corrected chi connectivity index (χ1v) is 7.22. The lowest BCUT2D eigenvalue weighted by Crippen LogP contribution is -2.05. The molecule has 0 saturated carbocycles. The molecular weight excluding hydrogens is 346 g/mol. The van der Waals surface area contributed by atoms with Crippen molar-refractivity contribution < 1.29 is 13.9 Å². The number of carbonyl (C=O) groups excluding carboxylic acids is 1. The molecule has 0 aliphatic heterocycles. The van der Waals surface area contributed by atoms with Gasteiger partial charge < -0.3 is 14.5 Å². The molecule has 2 rings (SSSR count). The van der Waals surface area contributed by atoms with Crippen LogP contribution in [0.15, 0.2) is 39.2 Å². The second-order valence-electron chi connectivity index (χ2n) is 3.97. The van der Waals surface area contributed by atoms with Crippen LogP contribution in [0.1, 0.15) is 23.0 Å². The van der Waals surface area contributed by atoms with E-state index in [0.29, 0.717) is 23.9 Å². The minimum atomic E-state index is -0.336. The fraction of sp³-hybridized carbons (Fsp3) is 0.214. The van der Waals surface area contributed by atoms with Crippen LogP contribution in [0.4, 0.5) is 5.69 Å². The van der Waals surface area contributed by atoms with E-state index < -0.39 is 0 Å². The molecule has 0 aliphatic rings. The van der Waals surface area contributed by atoms with E-state index in [2.05, 4.69) is 21.2 Å². The van der Waals surface area contributed by atoms with Gasteiger partial charge in [0.1, 0.15) is 5.76 Å². The molecule has 2 aromatic rings. The van der Waals surface area contributed by atoms with Gasteiger partial charge in [0.05, 0.1) is 18.7 Å². The van der Waals surface area contributed by atoms with E-state index in [4.69, 9.17) is 20.8 Å². The normalized spacial score (nSPS) is 10.3. The summed E-state index contributed by atoms with van der Waals surface area (Å²) in [5, 5.41) is 3.55. The van der Waals surface area contributed by atoms with Crippen molar-refractivity contribution in [1.29, 1.82) is 0 Å². The Morgan fingerprint density at radius 2 is 2.20 bits per heavy atom. The highest BCUT2D eigenvalue weighted by Crippen LogP contribution is 2.25. The molecule has 20 heavy (non-hydrogen) atoms. The first-order valence-electron chi connectivity index (χ1n) is 6.05. The summed E-state index contributed by atoms with van der Waals surface area (Å²) in [7, 11) is 0. The van der Waals surface area contributed by atoms with Gasteiger partial charge in [-0.3, -0.25) is 0 Å². The Kier molecular flexibility index (Phi) is 5.09. The van der Waals surface area contributed by atoms with E-state index in [9.17, 15) is 4.79 Å². The molecule has 0 spiro atoms. The van der Waals surface area contributed by atoms with Crippen LogP contribution < -0.4 is 5.32 Å². The zero-order chi connectivity index (χ0) is 14.5. The van der Waals surface area contributed by atoms with Crippen molar-refractivity contribution in [1.82, 2.24) is 0 Å². The van der Waals surface area contributed by atoms with E-state index in [1.54, 1.807) is 37.3 Å². The third-order valence-electron chi connectivity index (χ3n) is 2.56. The van der Waals surface area contributed by atoms with Crippen molar-refractivity contribution in [3.05, 3.63) is 51.3 Å². The van der Waals surface area contributed by atoms with Gasteiger partial charge in [0.25, 0.3) is 0 Å². The molecule has 106 valence electrons. The van der Waals surface area contributed by atoms with Crippen molar-refractivity contribution >= 4 is 39.2 Å². The quantitative estimate of drug-likeness (QED) is 0.800. The molecule has 1 heterocycles. The average molecular weight is 359 g/mol. The summed E-state index contributed by atoms with van der Waals surface area (Å²) < 4.78 is 11.0. The standard InChI is InChI=1S/C14H13BrClNO3/c1-2-19-14(18)9-3-5-12(11(15)7-9)17-8-10-4-6-13(16)20-10/h3-7,17H,2,8H2,1H3. The van der Waals surface area contributed by atoms with E-state index in [1.807, 2.05) is 0 Å². The fourth-order valence-electron chi connectivity index (χ4n) is 1.63. The van der Waals surface area contributed by atoms with Gasteiger partial charge in [0, 0.05) is 10.2 Å². The predicted octanol–water partition coefficient (Wildman–Crippen LogP) is 4.48. The van der Waals surface area contributed by atoms with Crippen LogP contribution >= 0.6 is 27.5 Å². The van der Waals surface area contributed by atoms with Crippen molar-refractivity contribution in [2.45, 2.75) is 13.5 Å². The Hall–Kier alpha value is -1.46. The van der Waals surface area contributed by atoms with Crippen molar-refractivity contribution in [2.75, 3.05) is 11.9 Å². The van der Waals surface area contributed by atoms with Gasteiger partial charge in [-0.2, -0.15) is 0 Å². The smallest absolute Gasteiger partial charge is 0.338 e. The Balaban J connectivity index is 2.04. The zero-order valence-electron chi connectivity index (χ0n) is 10.8. The number of hydrogen-bond donors (Lipinski definition) is 1. The number of hydrogen-bond acceptors (Lipinski definition) is 4. The number of nitrogens with one attached hydrogen (secondary N) is 1. The van der Waals surface area contributed by atoms with Crippen LogP contribution in [0.25, 0.3) is 0 Å². The van der Waals surface area contributed by atoms with Gasteiger partial charge in [0.15, 0.2) is 5.22 Å². The monoisotopic (exact) mass is 357 g/mol. The fourth-order valence-corrected chi connectivity index (χ4v) is 2.31. The van der Waals surface area contributed by atoms with Crippen LogP contribution in [0.3, 0.4) is 0 Å². The molecule has 0 unspecified atom stereocenters. The number of rotatable bonds is 5.